The number of carbonyl (C=O) groups is 1. The molecule has 72 valence electrons. The molecule has 2 atom stereocenters. The number of rotatable bonds is 3. The Bertz CT molecular complexity index is 263. The van der Waals surface area contributed by atoms with Crippen molar-refractivity contribution in [2.45, 2.75) is 18.1 Å². The Balaban J connectivity index is 2.53. The maximum Gasteiger partial charge on any atom is 0.338 e. The van der Waals surface area contributed by atoms with Crippen LogP contribution in [0.5, 0.6) is 0 Å². The fourth-order valence-corrected chi connectivity index (χ4v) is 1.14. The Morgan fingerprint density at radius 2 is 2.54 bits per heavy atom. The summed E-state index contributed by atoms with van der Waals surface area (Å²) in [5, 5.41) is 21.2. The van der Waals surface area contributed by atoms with Crippen LogP contribution in [0, 0.1) is 0 Å². The summed E-state index contributed by atoms with van der Waals surface area (Å²) in [7, 11) is 0. The highest BCUT2D eigenvalue weighted by Crippen LogP contribution is 2.24. The summed E-state index contributed by atoms with van der Waals surface area (Å²) in [5.74, 6) is -1.31. The van der Waals surface area contributed by atoms with Crippen molar-refractivity contribution in [3.63, 3.8) is 0 Å². The molecule has 7 heteroatoms. The van der Waals surface area contributed by atoms with E-state index in [0.29, 0.717) is 0 Å². The highest BCUT2D eigenvalue weighted by molar-refractivity contribution is 5.77. The Labute approximate surface area is 73.6 Å². The van der Waals surface area contributed by atoms with Crippen LogP contribution >= 0.6 is 0 Å². The normalized spacial score (nSPS) is 32.5. The van der Waals surface area contributed by atoms with Crippen LogP contribution in [0.2, 0.25) is 0 Å². The van der Waals surface area contributed by atoms with Gasteiger partial charge in [0, 0.05) is 11.3 Å². The van der Waals surface area contributed by atoms with Crippen molar-refractivity contribution >= 4 is 5.97 Å². The molecule has 1 aliphatic rings. The molecule has 1 fully saturated rings. The number of aliphatic hydroxyl groups is 1. The molecule has 1 aliphatic heterocycles. The van der Waals surface area contributed by atoms with Gasteiger partial charge >= 0.3 is 5.97 Å². The van der Waals surface area contributed by atoms with E-state index in [4.69, 9.17) is 15.4 Å². The highest BCUT2D eigenvalue weighted by Gasteiger charge is 2.44. The summed E-state index contributed by atoms with van der Waals surface area (Å²) in [6.45, 7) is -0.208. The lowest BCUT2D eigenvalue weighted by Gasteiger charge is -2.13. The predicted molar refractivity (Wildman–Crippen MR) is 41.0 cm³/mol. The van der Waals surface area contributed by atoms with Crippen LogP contribution in [0.25, 0.3) is 10.4 Å². The van der Waals surface area contributed by atoms with E-state index in [1.165, 1.54) is 0 Å². The highest BCUT2D eigenvalue weighted by atomic mass is 16.5. The molecule has 0 spiro atoms. The maximum atomic E-state index is 10.5. The Kier molecular flexibility index (Phi) is 2.72. The molecule has 0 aromatic heterocycles. The molecule has 1 heterocycles. The van der Waals surface area contributed by atoms with Gasteiger partial charge in [-0.25, -0.2) is 4.79 Å². The zero-order valence-electron chi connectivity index (χ0n) is 6.75. The zero-order valence-corrected chi connectivity index (χ0v) is 6.75. The van der Waals surface area contributed by atoms with Gasteiger partial charge in [-0.3, -0.25) is 0 Å². The average molecular weight is 187 g/mol. The summed E-state index contributed by atoms with van der Waals surface area (Å²) in [5.41, 5.74) is 6.17. The van der Waals surface area contributed by atoms with Crippen LogP contribution in [-0.2, 0) is 9.53 Å². The lowest BCUT2D eigenvalue weighted by atomic mass is 10.0. The minimum Gasteiger partial charge on any atom is -0.479 e. The lowest BCUT2D eigenvalue weighted by Crippen LogP contribution is -2.39. The molecular weight excluding hydrogens is 178 g/mol. The summed E-state index contributed by atoms with van der Waals surface area (Å²) >= 11 is 0. The van der Waals surface area contributed by atoms with E-state index in [1.54, 1.807) is 0 Å². The number of carboxylic acid groups (broad SMARTS) is 1. The van der Waals surface area contributed by atoms with Gasteiger partial charge in [0.2, 0.25) is 0 Å². The van der Waals surface area contributed by atoms with Gasteiger partial charge < -0.3 is 14.9 Å². The summed E-state index contributed by atoms with van der Waals surface area (Å²) in [4.78, 5) is 13.0. The second-order valence-electron chi connectivity index (χ2n) is 2.89. The first kappa shape index (κ1) is 9.79. The SMILES string of the molecule is [N-]=[N+]=NCC1CC(O)(C(=O)O)CO1. The number of azide groups is 1. The zero-order chi connectivity index (χ0) is 9.90. The quantitative estimate of drug-likeness (QED) is 0.364. The van der Waals surface area contributed by atoms with Crippen molar-refractivity contribution in [1.82, 2.24) is 0 Å². The molecule has 2 N–H and O–H groups in total. The predicted octanol–water partition coefficient (Wildman–Crippen LogP) is -0.0987. The van der Waals surface area contributed by atoms with Gasteiger partial charge in [0.15, 0.2) is 5.60 Å². The van der Waals surface area contributed by atoms with Crippen LogP contribution < -0.4 is 0 Å². The van der Waals surface area contributed by atoms with Gasteiger partial charge in [-0.1, -0.05) is 5.11 Å². The minimum atomic E-state index is -1.82. The average Bonchev–Trinajstić information content (AvgIpc) is 2.45. The maximum absolute atomic E-state index is 10.5. The number of aliphatic carboxylic acids is 1. The van der Waals surface area contributed by atoms with Crippen molar-refractivity contribution in [2.24, 2.45) is 5.11 Å². The van der Waals surface area contributed by atoms with Crippen molar-refractivity contribution in [3.8, 4) is 0 Å². The third kappa shape index (κ3) is 2.09. The van der Waals surface area contributed by atoms with Crippen molar-refractivity contribution in [3.05, 3.63) is 10.4 Å². The molecule has 7 nitrogen and oxygen atoms in total. The van der Waals surface area contributed by atoms with Crippen LogP contribution in [0.15, 0.2) is 5.11 Å². The molecule has 1 saturated heterocycles. The Morgan fingerprint density at radius 1 is 1.85 bits per heavy atom. The Morgan fingerprint density at radius 3 is 3.00 bits per heavy atom. The minimum absolute atomic E-state index is 0.0403. The number of hydrogen-bond acceptors (Lipinski definition) is 4. The van der Waals surface area contributed by atoms with Crippen LogP contribution in [-0.4, -0.2) is 41.0 Å². The van der Waals surface area contributed by atoms with Crippen molar-refractivity contribution in [2.75, 3.05) is 13.2 Å². The smallest absolute Gasteiger partial charge is 0.338 e. The standard InChI is InChI=1S/C6H9N3O4/c7-9-8-2-4-1-6(12,3-13-4)5(10)11/h4,12H,1-3H2,(H,10,11). The molecule has 0 amide bonds. The van der Waals surface area contributed by atoms with E-state index in [2.05, 4.69) is 10.0 Å². The van der Waals surface area contributed by atoms with Gasteiger partial charge in [0.1, 0.15) is 0 Å². The molecular formula is C6H9N3O4. The molecule has 0 radical (unpaired) electrons. The second-order valence-corrected chi connectivity index (χ2v) is 2.89. The summed E-state index contributed by atoms with van der Waals surface area (Å²) in [6.07, 6.45) is -0.543. The largest absolute Gasteiger partial charge is 0.479 e. The first-order valence-electron chi connectivity index (χ1n) is 3.67. The van der Waals surface area contributed by atoms with Gasteiger partial charge in [-0.2, -0.15) is 0 Å². The van der Waals surface area contributed by atoms with Crippen molar-refractivity contribution in [1.29, 1.82) is 0 Å². The summed E-state index contributed by atoms with van der Waals surface area (Å²) in [6, 6.07) is 0. The van der Waals surface area contributed by atoms with E-state index >= 15 is 0 Å². The fraction of sp³-hybridized carbons (Fsp3) is 0.833. The molecule has 0 bridgehead atoms. The Hall–Kier alpha value is -1.30. The number of ether oxygens (including phenoxy) is 1. The van der Waals surface area contributed by atoms with Crippen LogP contribution in [0.1, 0.15) is 6.42 Å². The first-order valence-corrected chi connectivity index (χ1v) is 3.67. The van der Waals surface area contributed by atoms with Gasteiger partial charge in [-0.15, -0.1) is 0 Å². The molecule has 1 rings (SSSR count). The fourth-order valence-electron chi connectivity index (χ4n) is 1.14. The van der Waals surface area contributed by atoms with Gasteiger partial charge in [0.05, 0.1) is 19.3 Å². The van der Waals surface area contributed by atoms with E-state index in [1.807, 2.05) is 0 Å². The topological polar surface area (TPSA) is 116 Å². The molecule has 13 heavy (non-hydrogen) atoms. The number of nitrogens with zero attached hydrogens (tertiary/aromatic N) is 3. The molecule has 0 saturated carbocycles. The third-order valence-electron chi connectivity index (χ3n) is 1.87. The monoisotopic (exact) mass is 187 g/mol. The first-order chi connectivity index (χ1) is 6.08. The van der Waals surface area contributed by atoms with E-state index in [-0.39, 0.29) is 19.6 Å². The van der Waals surface area contributed by atoms with E-state index < -0.39 is 17.7 Å². The van der Waals surface area contributed by atoms with E-state index in [0.717, 1.165) is 0 Å². The molecule has 0 aliphatic carbocycles. The van der Waals surface area contributed by atoms with Crippen molar-refractivity contribution < 1.29 is 19.7 Å². The molecule has 2 unspecified atom stereocenters. The number of hydrogen-bond donors (Lipinski definition) is 2. The van der Waals surface area contributed by atoms with Gasteiger partial charge in [0.25, 0.3) is 0 Å². The third-order valence-corrected chi connectivity index (χ3v) is 1.87. The van der Waals surface area contributed by atoms with Crippen LogP contribution in [0.4, 0.5) is 0 Å². The lowest BCUT2D eigenvalue weighted by molar-refractivity contribution is -0.158. The van der Waals surface area contributed by atoms with E-state index in [9.17, 15) is 9.90 Å². The molecule has 0 aromatic carbocycles. The second kappa shape index (κ2) is 3.61. The van der Waals surface area contributed by atoms with Gasteiger partial charge in [-0.05, 0) is 5.53 Å². The van der Waals surface area contributed by atoms with Crippen LogP contribution in [0.3, 0.4) is 0 Å². The molecule has 0 aromatic rings. The summed E-state index contributed by atoms with van der Waals surface area (Å²) < 4.78 is 4.94. The number of carboxylic acids is 1.